The molecular formula is C21H28N6O5. The number of benzene rings is 1. The van der Waals surface area contributed by atoms with Crippen LogP contribution in [0.1, 0.15) is 23.7 Å². The van der Waals surface area contributed by atoms with Gasteiger partial charge in [0.2, 0.25) is 0 Å². The second-order valence-corrected chi connectivity index (χ2v) is 7.90. The summed E-state index contributed by atoms with van der Waals surface area (Å²) in [7, 11) is 3.14. The molecule has 0 radical (unpaired) electrons. The molecule has 1 saturated heterocycles. The average molecular weight is 444 g/mol. The molecule has 1 aliphatic heterocycles. The van der Waals surface area contributed by atoms with Crippen LogP contribution in [0.4, 0.5) is 17.2 Å². The number of carbonyl (C=O) groups excluding carboxylic acids is 1. The Kier molecular flexibility index (Phi) is 7.08. The van der Waals surface area contributed by atoms with E-state index in [1.165, 1.54) is 36.7 Å². The number of ketones is 1. The SMILES string of the molecule is CC(=O)c1cc(NCCCN2CCN(c3cc(=O)n(C)c(=O)n3C)CC2)ccc1[N+](=O)[O-]. The van der Waals surface area contributed by atoms with Crippen LogP contribution < -0.4 is 21.5 Å². The smallest absolute Gasteiger partial charge is 0.332 e. The molecule has 2 heterocycles. The first-order valence-corrected chi connectivity index (χ1v) is 10.5. The van der Waals surface area contributed by atoms with Crippen LogP contribution >= 0.6 is 0 Å². The summed E-state index contributed by atoms with van der Waals surface area (Å²) in [5, 5.41) is 14.3. The van der Waals surface area contributed by atoms with Gasteiger partial charge in [-0.25, -0.2) is 4.79 Å². The van der Waals surface area contributed by atoms with E-state index in [4.69, 9.17) is 0 Å². The molecule has 172 valence electrons. The maximum Gasteiger partial charge on any atom is 0.332 e. The quantitative estimate of drug-likeness (QED) is 0.275. The Labute approximate surface area is 185 Å². The Bertz CT molecular complexity index is 1130. The highest BCUT2D eigenvalue weighted by Gasteiger charge is 2.20. The lowest BCUT2D eigenvalue weighted by Gasteiger charge is -2.36. The Balaban J connectivity index is 1.49. The summed E-state index contributed by atoms with van der Waals surface area (Å²) < 4.78 is 2.59. The number of anilines is 2. The molecule has 0 atom stereocenters. The third-order valence-corrected chi connectivity index (χ3v) is 5.75. The molecule has 0 spiro atoms. The first-order chi connectivity index (χ1) is 15.2. The molecule has 0 saturated carbocycles. The molecule has 0 unspecified atom stereocenters. The molecule has 2 aromatic rings. The van der Waals surface area contributed by atoms with E-state index in [2.05, 4.69) is 15.1 Å². The first-order valence-electron chi connectivity index (χ1n) is 10.5. The van der Waals surface area contributed by atoms with E-state index in [-0.39, 0.29) is 28.3 Å². The number of hydrogen-bond donors (Lipinski definition) is 1. The van der Waals surface area contributed by atoms with Crippen molar-refractivity contribution in [2.45, 2.75) is 13.3 Å². The van der Waals surface area contributed by atoms with Gasteiger partial charge in [-0.15, -0.1) is 0 Å². The zero-order valence-electron chi connectivity index (χ0n) is 18.5. The van der Waals surface area contributed by atoms with E-state index < -0.39 is 4.92 Å². The summed E-state index contributed by atoms with van der Waals surface area (Å²) in [5.74, 6) is 0.297. The Hall–Kier alpha value is -3.47. The van der Waals surface area contributed by atoms with Crippen LogP contribution in [0.5, 0.6) is 0 Å². The van der Waals surface area contributed by atoms with Gasteiger partial charge in [-0.05, 0) is 32.0 Å². The number of nitrogens with one attached hydrogen (secondary N) is 1. The lowest BCUT2D eigenvalue weighted by molar-refractivity contribution is -0.385. The summed E-state index contributed by atoms with van der Waals surface area (Å²) in [4.78, 5) is 50.7. The second kappa shape index (κ2) is 9.77. The molecule has 32 heavy (non-hydrogen) atoms. The fraction of sp³-hybridized carbons (Fsp3) is 0.476. The maximum atomic E-state index is 12.1. The summed E-state index contributed by atoms with van der Waals surface area (Å²) >= 11 is 0. The van der Waals surface area contributed by atoms with Gasteiger partial charge in [-0.1, -0.05) is 0 Å². The van der Waals surface area contributed by atoms with Crippen molar-refractivity contribution in [1.29, 1.82) is 0 Å². The molecule has 0 amide bonds. The highest BCUT2D eigenvalue weighted by atomic mass is 16.6. The van der Waals surface area contributed by atoms with Crippen molar-refractivity contribution in [3.05, 3.63) is 60.8 Å². The van der Waals surface area contributed by atoms with Crippen molar-refractivity contribution in [3.63, 3.8) is 0 Å². The van der Waals surface area contributed by atoms with Crippen LogP contribution in [0.2, 0.25) is 0 Å². The van der Waals surface area contributed by atoms with Gasteiger partial charge in [0.25, 0.3) is 11.2 Å². The minimum atomic E-state index is -0.550. The Morgan fingerprint density at radius 3 is 2.41 bits per heavy atom. The molecule has 1 aliphatic rings. The predicted octanol–water partition coefficient (Wildman–Crippen LogP) is 0.819. The van der Waals surface area contributed by atoms with Crippen molar-refractivity contribution < 1.29 is 9.72 Å². The molecule has 11 heteroatoms. The van der Waals surface area contributed by atoms with Gasteiger partial charge in [-0.3, -0.25) is 33.7 Å². The van der Waals surface area contributed by atoms with Crippen molar-refractivity contribution >= 4 is 23.0 Å². The summed E-state index contributed by atoms with van der Waals surface area (Å²) in [6, 6.07) is 5.98. The number of hydrogen-bond acceptors (Lipinski definition) is 8. The third-order valence-electron chi connectivity index (χ3n) is 5.75. The van der Waals surface area contributed by atoms with Gasteiger partial charge in [-0.2, -0.15) is 0 Å². The number of nitrogens with zero attached hydrogens (tertiary/aromatic N) is 5. The van der Waals surface area contributed by atoms with E-state index in [0.29, 0.717) is 18.1 Å². The van der Waals surface area contributed by atoms with Crippen molar-refractivity contribution in [2.24, 2.45) is 14.1 Å². The molecule has 0 bridgehead atoms. The fourth-order valence-electron chi connectivity index (χ4n) is 3.85. The minimum Gasteiger partial charge on any atom is -0.385 e. The van der Waals surface area contributed by atoms with Gasteiger partial charge >= 0.3 is 5.69 Å². The van der Waals surface area contributed by atoms with Gasteiger partial charge in [0.05, 0.1) is 10.5 Å². The first kappa shape index (κ1) is 23.2. The third kappa shape index (κ3) is 5.05. The van der Waals surface area contributed by atoms with Gasteiger partial charge in [0.15, 0.2) is 5.78 Å². The van der Waals surface area contributed by atoms with Crippen LogP contribution in [-0.4, -0.2) is 64.0 Å². The van der Waals surface area contributed by atoms with E-state index in [9.17, 15) is 24.5 Å². The number of carbonyl (C=O) groups is 1. The predicted molar refractivity (Wildman–Crippen MR) is 122 cm³/mol. The molecule has 1 fully saturated rings. The van der Waals surface area contributed by atoms with E-state index in [1.54, 1.807) is 13.1 Å². The van der Waals surface area contributed by atoms with Crippen LogP contribution in [-0.2, 0) is 14.1 Å². The zero-order chi connectivity index (χ0) is 23.4. The number of nitro benzene ring substituents is 1. The number of piperazine rings is 1. The fourth-order valence-corrected chi connectivity index (χ4v) is 3.85. The van der Waals surface area contributed by atoms with Crippen molar-refractivity contribution in [3.8, 4) is 0 Å². The van der Waals surface area contributed by atoms with Crippen molar-refractivity contribution in [1.82, 2.24) is 14.0 Å². The summed E-state index contributed by atoms with van der Waals surface area (Å²) in [5.41, 5.74) is -0.0518. The topological polar surface area (TPSA) is 123 Å². The van der Waals surface area contributed by atoms with Crippen LogP contribution in [0.3, 0.4) is 0 Å². The van der Waals surface area contributed by atoms with E-state index in [1.807, 2.05) is 0 Å². The molecule has 1 aromatic heterocycles. The average Bonchev–Trinajstić information content (AvgIpc) is 2.78. The number of nitro groups is 1. The van der Waals surface area contributed by atoms with Gasteiger partial charge in [0, 0.05) is 64.6 Å². The van der Waals surface area contributed by atoms with E-state index >= 15 is 0 Å². The number of rotatable bonds is 8. The van der Waals surface area contributed by atoms with Gasteiger partial charge < -0.3 is 10.2 Å². The molecule has 3 rings (SSSR count). The molecular weight excluding hydrogens is 416 g/mol. The van der Waals surface area contributed by atoms with E-state index in [0.717, 1.165) is 43.7 Å². The summed E-state index contributed by atoms with van der Waals surface area (Å²) in [6.07, 6.45) is 0.858. The van der Waals surface area contributed by atoms with Crippen LogP contribution in [0, 0.1) is 10.1 Å². The highest BCUT2D eigenvalue weighted by Crippen LogP contribution is 2.23. The minimum absolute atomic E-state index is 0.0984. The Morgan fingerprint density at radius 2 is 1.78 bits per heavy atom. The highest BCUT2D eigenvalue weighted by molar-refractivity contribution is 5.99. The van der Waals surface area contributed by atoms with Gasteiger partial charge in [0.1, 0.15) is 5.82 Å². The molecule has 11 nitrogen and oxygen atoms in total. The monoisotopic (exact) mass is 444 g/mol. The molecule has 1 N–H and O–H groups in total. The molecule has 1 aromatic carbocycles. The maximum absolute atomic E-state index is 12.1. The largest absolute Gasteiger partial charge is 0.385 e. The standard InChI is InChI=1S/C21H28N6O5/c1-15(28)17-13-16(5-6-18(17)27(31)32)22-7-4-8-25-9-11-26(12-10-25)19-14-20(29)24(3)21(30)23(19)2/h5-6,13-14,22H,4,7-12H2,1-3H3. The lowest BCUT2D eigenvalue weighted by Crippen LogP contribution is -2.49. The summed E-state index contributed by atoms with van der Waals surface area (Å²) in [6.45, 7) is 5.92. The number of aromatic nitrogens is 2. The lowest BCUT2D eigenvalue weighted by atomic mass is 10.1. The zero-order valence-corrected chi connectivity index (χ0v) is 18.5. The van der Waals surface area contributed by atoms with Crippen LogP contribution in [0.15, 0.2) is 33.9 Å². The number of Topliss-reactive ketones (excluding diaryl/α,β-unsaturated/α-hetero) is 1. The van der Waals surface area contributed by atoms with Crippen LogP contribution in [0.25, 0.3) is 0 Å². The normalized spacial score (nSPS) is 14.4. The molecule has 0 aliphatic carbocycles. The second-order valence-electron chi connectivity index (χ2n) is 7.90. The Morgan fingerprint density at radius 1 is 1.09 bits per heavy atom. The van der Waals surface area contributed by atoms with Crippen molar-refractivity contribution in [2.75, 3.05) is 49.5 Å².